The van der Waals surface area contributed by atoms with E-state index < -0.39 is 5.25 Å². The number of ether oxygens (including phenoxy) is 1. The number of rotatable bonds is 7. The lowest BCUT2D eigenvalue weighted by Gasteiger charge is -2.21. The van der Waals surface area contributed by atoms with Crippen LogP contribution in [0.1, 0.15) is 23.7 Å². The number of carbonyl (C=O) groups is 1. The lowest BCUT2D eigenvalue weighted by molar-refractivity contribution is -0.128. The van der Waals surface area contributed by atoms with Gasteiger partial charge in [0.2, 0.25) is 5.91 Å². The summed E-state index contributed by atoms with van der Waals surface area (Å²) in [4.78, 5) is 18.1. The second kappa shape index (κ2) is 9.41. The van der Waals surface area contributed by atoms with Gasteiger partial charge in [0.25, 0.3) is 0 Å². The van der Waals surface area contributed by atoms with Crippen LogP contribution in [-0.2, 0) is 16.1 Å². The zero-order chi connectivity index (χ0) is 22.8. The zero-order valence-corrected chi connectivity index (χ0v) is 19.6. The van der Waals surface area contributed by atoms with Gasteiger partial charge in [-0.25, -0.2) is 0 Å². The molecule has 0 radical (unpaired) electrons. The summed E-state index contributed by atoms with van der Waals surface area (Å²) in [6, 6.07) is 18.0. The van der Waals surface area contributed by atoms with Crippen molar-refractivity contribution in [3.05, 3.63) is 66.4 Å². The summed E-state index contributed by atoms with van der Waals surface area (Å²) in [5.74, 6) is 0.807. The van der Waals surface area contributed by atoms with Crippen molar-refractivity contribution in [2.24, 2.45) is 0 Å². The first-order valence-corrected chi connectivity index (χ1v) is 12.0. The van der Waals surface area contributed by atoms with E-state index in [1.54, 1.807) is 19.0 Å². The van der Waals surface area contributed by atoms with Gasteiger partial charge in [0.05, 0.1) is 12.6 Å². The van der Waals surface area contributed by atoms with E-state index in [9.17, 15) is 4.79 Å². The molecule has 1 saturated heterocycles. The summed E-state index contributed by atoms with van der Waals surface area (Å²) < 4.78 is 8.07. The van der Waals surface area contributed by atoms with E-state index in [1.165, 1.54) is 11.8 Å². The van der Waals surface area contributed by atoms with E-state index >= 15 is 0 Å². The monoisotopic (exact) mass is 461 g/mol. The number of aromatic amines is 1. The summed E-state index contributed by atoms with van der Waals surface area (Å²) in [7, 11) is 3.57. The van der Waals surface area contributed by atoms with E-state index in [-0.39, 0.29) is 12.0 Å². The first-order valence-electron chi connectivity index (χ1n) is 11.2. The predicted octanol–water partition coefficient (Wildman–Crippen LogP) is 4.53. The average molecular weight is 462 g/mol. The standard InChI is InChI=1S/C25H27N5O2S/c1-29(2)24(31)22(17-9-4-3-5-10-17)33-25-28-27-23(30(25)16-18-11-8-14-32-18)20-15-26-21-13-7-6-12-19(20)21/h3-7,9-10,12-13,15,18,22,26H,8,11,14,16H2,1-2H3. The number of aromatic nitrogens is 4. The van der Waals surface area contributed by atoms with Gasteiger partial charge in [0.15, 0.2) is 11.0 Å². The van der Waals surface area contributed by atoms with Crippen molar-refractivity contribution in [2.75, 3.05) is 20.7 Å². The Labute approximate surface area is 197 Å². The minimum atomic E-state index is -0.413. The van der Waals surface area contributed by atoms with Gasteiger partial charge in [0, 0.05) is 43.4 Å². The van der Waals surface area contributed by atoms with Crippen molar-refractivity contribution in [1.82, 2.24) is 24.6 Å². The molecule has 2 aromatic heterocycles. The maximum Gasteiger partial charge on any atom is 0.240 e. The van der Waals surface area contributed by atoms with Crippen LogP contribution in [0.5, 0.6) is 0 Å². The molecule has 2 aromatic carbocycles. The smallest absolute Gasteiger partial charge is 0.240 e. The molecular weight excluding hydrogens is 434 g/mol. The van der Waals surface area contributed by atoms with Crippen LogP contribution in [0.15, 0.2) is 66.0 Å². The van der Waals surface area contributed by atoms with E-state index in [0.717, 1.165) is 52.5 Å². The summed E-state index contributed by atoms with van der Waals surface area (Å²) in [6.45, 7) is 1.44. The normalized spacial score (nSPS) is 16.8. The zero-order valence-electron chi connectivity index (χ0n) is 18.8. The number of likely N-dealkylation sites (N-methyl/N-ethyl adjacent to an activating group) is 1. The highest BCUT2D eigenvalue weighted by molar-refractivity contribution is 8.00. The topological polar surface area (TPSA) is 76.0 Å². The van der Waals surface area contributed by atoms with Crippen LogP contribution in [0, 0.1) is 0 Å². The number of nitrogens with one attached hydrogen (secondary N) is 1. The minimum Gasteiger partial charge on any atom is -0.376 e. The second-order valence-corrected chi connectivity index (χ2v) is 9.51. The van der Waals surface area contributed by atoms with Gasteiger partial charge >= 0.3 is 0 Å². The van der Waals surface area contributed by atoms with Crippen LogP contribution in [0.4, 0.5) is 0 Å². The molecule has 2 unspecified atom stereocenters. The van der Waals surface area contributed by atoms with E-state index in [0.29, 0.717) is 6.54 Å². The highest BCUT2D eigenvalue weighted by Gasteiger charge is 2.29. The van der Waals surface area contributed by atoms with E-state index in [1.807, 2.05) is 48.7 Å². The molecule has 0 spiro atoms. The third-order valence-electron chi connectivity index (χ3n) is 5.95. The maximum absolute atomic E-state index is 13.1. The molecule has 0 saturated carbocycles. The average Bonchev–Trinajstić information content (AvgIpc) is 3.58. The number of hydrogen-bond donors (Lipinski definition) is 1. The highest BCUT2D eigenvalue weighted by Crippen LogP contribution is 2.38. The fourth-order valence-electron chi connectivity index (χ4n) is 4.22. The molecule has 8 heteroatoms. The molecule has 33 heavy (non-hydrogen) atoms. The van der Waals surface area contributed by atoms with Crippen LogP contribution in [0.3, 0.4) is 0 Å². The van der Waals surface area contributed by atoms with Gasteiger partial charge in [-0.15, -0.1) is 10.2 Å². The molecule has 1 fully saturated rings. The maximum atomic E-state index is 13.1. The number of para-hydroxylation sites is 1. The first kappa shape index (κ1) is 21.7. The summed E-state index contributed by atoms with van der Waals surface area (Å²) in [5.41, 5.74) is 3.00. The van der Waals surface area contributed by atoms with Crippen molar-refractivity contribution in [2.45, 2.75) is 35.9 Å². The number of benzene rings is 2. The SMILES string of the molecule is CN(C)C(=O)C(Sc1nnc(-c2c[nH]c3ccccc23)n1CC1CCCO1)c1ccccc1. The van der Waals surface area contributed by atoms with Crippen molar-refractivity contribution in [1.29, 1.82) is 0 Å². The number of amides is 1. The summed E-state index contributed by atoms with van der Waals surface area (Å²) in [5, 5.41) is 10.6. The Morgan fingerprint density at radius 3 is 2.73 bits per heavy atom. The fraction of sp³-hybridized carbons (Fsp3) is 0.320. The molecule has 1 N–H and O–H groups in total. The Balaban J connectivity index is 1.57. The van der Waals surface area contributed by atoms with E-state index in [2.05, 4.69) is 31.9 Å². The molecule has 1 aliphatic rings. The third-order valence-corrected chi connectivity index (χ3v) is 7.17. The van der Waals surface area contributed by atoms with Crippen molar-refractivity contribution >= 4 is 28.6 Å². The first-order chi connectivity index (χ1) is 16.1. The van der Waals surface area contributed by atoms with Gasteiger partial charge in [-0.3, -0.25) is 9.36 Å². The second-order valence-electron chi connectivity index (χ2n) is 8.44. The van der Waals surface area contributed by atoms with Gasteiger partial charge in [-0.2, -0.15) is 0 Å². The Kier molecular flexibility index (Phi) is 6.20. The van der Waals surface area contributed by atoms with Gasteiger partial charge in [0.1, 0.15) is 5.25 Å². The third kappa shape index (κ3) is 4.41. The molecule has 170 valence electrons. The highest BCUT2D eigenvalue weighted by atomic mass is 32.2. The molecule has 7 nitrogen and oxygen atoms in total. The van der Waals surface area contributed by atoms with Crippen LogP contribution in [-0.4, -0.2) is 57.4 Å². The fourth-order valence-corrected chi connectivity index (χ4v) is 5.41. The quantitative estimate of drug-likeness (QED) is 0.409. The van der Waals surface area contributed by atoms with Gasteiger partial charge < -0.3 is 14.6 Å². The number of nitrogens with zero attached hydrogens (tertiary/aromatic N) is 4. The van der Waals surface area contributed by atoms with Crippen LogP contribution in [0.25, 0.3) is 22.3 Å². The van der Waals surface area contributed by atoms with Crippen LogP contribution < -0.4 is 0 Å². The molecule has 0 aliphatic carbocycles. The number of thioether (sulfide) groups is 1. The molecule has 1 aliphatic heterocycles. The van der Waals surface area contributed by atoms with Gasteiger partial charge in [-0.05, 0) is 24.5 Å². The number of fused-ring (bicyclic) bond motifs is 1. The van der Waals surface area contributed by atoms with Crippen molar-refractivity contribution in [3.8, 4) is 11.4 Å². The Bertz CT molecular complexity index is 1240. The minimum absolute atomic E-state index is 0.0199. The largest absolute Gasteiger partial charge is 0.376 e. The van der Waals surface area contributed by atoms with Crippen molar-refractivity contribution < 1.29 is 9.53 Å². The molecule has 4 aromatic rings. The molecule has 1 amide bonds. The van der Waals surface area contributed by atoms with Crippen LogP contribution >= 0.6 is 11.8 Å². The molecular formula is C25H27N5O2S. The van der Waals surface area contributed by atoms with Crippen LogP contribution in [0.2, 0.25) is 0 Å². The molecule has 5 rings (SSSR count). The predicted molar refractivity (Wildman–Crippen MR) is 130 cm³/mol. The number of H-pyrrole nitrogens is 1. The van der Waals surface area contributed by atoms with Crippen molar-refractivity contribution in [3.63, 3.8) is 0 Å². The summed E-state index contributed by atoms with van der Waals surface area (Å²) >= 11 is 1.44. The number of carbonyl (C=O) groups excluding carboxylic acids is 1. The Hall–Kier alpha value is -3.10. The Morgan fingerprint density at radius 1 is 1.18 bits per heavy atom. The van der Waals surface area contributed by atoms with Gasteiger partial charge in [-0.1, -0.05) is 60.3 Å². The molecule has 2 atom stereocenters. The molecule has 3 heterocycles. The Morgan fingerprint density at radius 2 is 1.97 bits per heavy atom. The lowest BCUT2D eigenvalue weighted by atomic mass is 10.1. The van der Waals surface area contributed by atoms with E-state index in [4.69, 9.17) is 4.74 Å². The summed E-state index contributed by atoms with van der Waals surface area (Å²) in [6.07, 6.45) is 4.16. The molecule has 0 bridgehead atoms. The number of hydrogen-bond acceptors (Lipinski definition) is 5. The lowest BCUT2D eigenvalue weighted by Crippen LogP contribution is -2.27.